The minimum atomic E-state index is -0.917. The van der Waals surface area contributed by atoms with Crippen molar-refractivity contribution in [2.75, 3.05) is 0 Å². The van der Waals surface area contributed by atoms with Gasteiger partial charge in [0.05, 0.1) is 0 Å². The molecular formula is C12H16F3N. The molecule has 0 aliphatic rings. The van der Waals surface area contributed by atoms with E-state index >= 15 is 0 Å². The maximum atomic E-state index is 13.3. The zero-order valence-corrected chi connectivity index (χ0v) is 9.27. The largest absolute Gasteiger partial charge is 0.324 e. The van der Waals surface area contributed by atoms with Crippen LogP contribution in [0.3, 0.4) is 0 Å². The van der Waals surface area contributed by atoms with Gasteiger partial charge >= 0.3 is 0 Å². The monoisotopic (exact) mass is 231 g/mol. The number of hydrogen-bond acceptors (Lipinski definition) is 1. The number of hydrogen-bond donors (Lipinski definition) is 1. The minimum absolute atomic E-state index is 0.211. The van der Waals surface area contributed by atoms with Gasteiger partial charge in [0.2, 0.25) is 0 Å². The van der Waals surface area contributed by atoms with Crippen molar-refractivity contribution < 1.29 is 13.2 Å². The van der Waals surface area contributed by atoms with Crippen molar-refractivity contribution in [2.24, 2.45) is 5.73 Å². The highest BCUT2D eigenvalue weighted by Gasteiger charge is 2.17. The van der Waals surface area contributed by atoms with Gasteiger partial charge in [0, 0.05) is 23.7 Å². The van der Waals surface area contributed by atoms with Crippen LogP contribution in [0.4, 0.5) is 13.2 Å². The van der Waals surface area contributed by atoms with Crippen LogP contribution in [0.25, 0.3) is 0 Å². The molecule has 0 unspecified atom stereocenters. The van der Waals surface area contributed by atoms with Crippen molar-refractivity contribution in [3.8, 4) is 0 Å². The standard InChI is InChI=1S/C12H16F3N/c1-2-3-4-5-11(16)12-9(14)6-8(13)7-10(12)15/h6-7,11H,2-5,16H2,1H3/t11-/m0/s1. The molecule has 0 heterocycles. The van der Waals surface area contributed by atoms with E-state index in [0.29, 0.717) is 18.6 Å². The molecule has 1 nitrogen and oxygen atoms in total. The molecule has 0 bridgehead atoms. The number of halogens is 3. The molecule has 2 N–H and O–H groups in total. The van der Waals surface area contributed by atoms with E-state index in [1.807, 2.05) is 6.92 Å². The highest BCUT2D eigenvalue weighted by molar-refractivity contribution is 5.23. The minimum Gasteiger partial charge on any atom is -0.324 e. The van der Waals surface area contributed by atoms with Crippen LogP contribution < -0.4 is 5.73 Å². The van der Waals surface area contributed by atoms with Gasteiger partial charge in [-0.25, -0.2) is 13.2 Å². The van der Waals surface area contributed by atoms with Crippen LogP contribution in [0.2, 0.25) is 0 Å². The van der Waals surface area contributed by atoms with Crippen LogP contribution in [0, 0.1) is 17.5 Å². The summed E-state index contributed by atoms with van der Waals surface area (Å²) in [4.78, 5) is 0. The molecule has 0 saturated heterocycles. The lowest BCUT2D eigenvalue weighted by molar-refractivity contribution is 0.483. The topological polar surface area (TPSA) is 26.0 Å². The Morgan fingerprint density at radius 1 is 1.12 bits per heavy atom. The molecule has 16 heavy (non-hydrogen) atoms. The second-order valence-electron chi connectivity index (χ2n) is 3.89. The molecule has 0 spiro atoms. The molecule has 1 atom stereocenters. The number of benzene rings is 1. The number of unbranched alkanes of at least 4 members (excludes halogenated alkanes) is 2. The Hall–Kier alpha value is -1.03. The SMILES string of the molecule is CCCCC[C@H](N)c1c(F)cc(F)cc1F. The average Bonchev–Trinajstić information content (AvgIpc) is 2.16. The maximum absolute atomic E-state index is 13.3. The summed E-state index contributed by atoms with van der Waals surface area (Å²) in [6.45, 7) is 2.03. The van der Waals surface area contributed by atoms with Crippen LogP contribution in [-0.4, -0.2) is 0 Å². The quantitative estimate of drug-likeness (QED) is 0.768. The molecule has 4 heteroatoms. The van der Waals surface area contributed by atoms with Gasteiger partial charge in [-0.1, -0.05) is 26.2 Å². The van der Waals surface area contributed by atoms with Crippen LogP contribution in [0.15, 0.2) is 12.1 Å². The molecule has 0 saturated carbocycles. The summed E-state index contributed by atoms with van der Waals surface area (Å²) in [6, 6.07) is 0.628. The number of nitrogens with two attached hydrogens (primary N) is 1. The molecule has 0 radical (unpaired) electrons. The van der Waals surface area contributed by atoms with E-state index in [0.717, 1.165) is 19.3 Å². The Labute approximate surface area is 93.5 Å². The molecular weight excluding hydrogens is 215 g/mol. The molecule has 1 rings (SSSR count). The fraction of sp³-hybridized carbons (Fsp3) is 0.500. The Morgan fingerprint density at radius 2 is 1.69 bits per heavy atom. The molecule has 1 aromatic carbocycles. The Bertz CT molecular complexity index is 329. The van der Waals surface area contributed by atoms with E-state index < -0.39 is 23.5 Å². The van der Waals surface area contributed by atoms with E-state index in [9.17, 15) is 13.2 Å². The van der Waals surface area contributed by atoms with Crippen LogP contribution in [0.1, 0.15) is 44.2 Å². The first-order valence-electron chi connectivity index (χ1n) is 5.46. The van der Waals surface area contributed by atoms with Crippen molar-refractivity contribution in [1.82, 2.24) is 0 Å². The third-order valence-corrected chi connectivity index (χ3v) is 2.53. The van der Waals surface area contributed by atoms with Crippen molar-refractivity contribution in [2.45, 2.75) is 38.6 Å². The highest BCUT2D eigenvalue weighted by atomic mass is 19.1. The third kappa shape index (κ3) is 3.23. The summed E-state index contributed by atoms with van der Waals surface area (Å²) in [5.74, 6) is -2.72. The van der Waals surface area contributed by atoms with Gasteiger partial charge in [-0.3, -0.25) is 0 Å². The van der Waals surface area contributed by atoms with Crippen molar-refractivity contribution in [3.63, 3.8) is 0 Å². The van der Waals surface area contributed by atoms with Crippen molar-refractivity contribution >= 4 is 0 Å². The Kier molecular flexibility index (Phi) is 4.80. The summed E-state index contributed by atoms with van der Waals surface area (Å²) >= 11 is 0. The summed E-state index contributed by atoms with van der Waals surface area (Å²) in [6.07, 6.45) is 3.31. The summed E-state index contributed by atoms with van der Waals surface area (Å²) < 4.78 is 39.3. The van der Waals surface area contributed by atoms with Gasteiger partial charge < -0.3 is 5.73 Å². The lowest BCUT2D eigenvalue weighted by Gasteiger charge is -2.13. The third-order valence-electron chi connectivity index (χ3n) is 2.53. The van der Waals surface area contributed by atoms with Crippen molar-refractivity contribution in [3.05, 3.63) is 35.1 Å². The van der Waals surface area contributed by atoms with Gasteiger partial charge in [0.15, 0.2) is 0 Å². The molecule has 0 aliphatic heterocycles. The average molecular weight is 231 g/mol. The smallest absolute Gasteiger partial charge is 0.133 e. The predicted molar refractivity (Wildman–Crippen MR) is 57.4 cm³/mol. The van der Waals surface area contributed by atoms with E-state index in [4.69, 9.17) is 5.73 Å². The zero-order chi connectivity index (χ0) is 12.1. The molecule has 0 aromatic heterocycles. The molecule has 90 valence electrons. The highest BCUT2D eigenvalue weighted by Crippen LogP contribution is 2.24. The first kappa shape index (κ1) is 13.0. The molecule has 0 amide bonds. The van der Waals surface area contributed by atoms with Crippen LogP contribution in [-0.2, 0) is 0 Å². The van der Waals surface area contributed by atoms with E-state index in [2.05, 4.69) is 0 Å². The Morgan fingerprint density at radius 3 is 2.19 bits per heavy atom. The first-order chi connectivity index (χ1) is 7.56. The number of rotatable bonds is 5. The van der Waals surface area contributed by atoms with Crippen molar-refractivity contribution in [1.29, 1.82) is 0 Å². The second kappa shape index (κ2) is 5.89. The fourth-order valence-corrected chi connectivity index (χ4v) is 1.67. The van der Waals surface area contributed by atoms with E-state index in [-0.39, 0.29) is 5.56 Å². The van der Waals surface area contributed by atoms with Gasteiger partial charge in [0.25, 0.3) is 0 Å². The summed E-state index contributed by atoms with van der Waals surface area (Å²) in [5.41, 5.74) is 5.47. The maximum Gasteiger partial charge on any atom is 0.133 e. The van der Waals surface area contributed by atoms with E-state index in [1.165, 1.54) is 0 Å². The molecule has 0 aliphatic carbocycles. The predicted octanol–water partition coefficient (Wildman–Crippen LogP) is 3.68. The van der Waals surface area contributed by atoms with Gasteiger partial charge in [-0.05, 0) is 6.42 Å². The first-order valence-corrected chi connectivity index (χ1v) is 5.46. The zero-order valence-electron chi connectivity index (χ0n) is 9.27. The van der Waals surface area contributed by atoms with Gasteiger partial charge in [0.1, 0.15) is 17.5 Å². The van der Waals surface area contributed by atoms with Crippen LogP contribution in [0.5, 0.6) is 0 Å². The second-order valence-corrected chi connectivity index (χ2v) is 3.89. The summed E-state index contributed by atoms with van der Waals surface area (Å²) in [7, 11) is 0. The summed E-state index contributed by atoms with van der Waals surface area (Å²) in [5, 5.41) is 0. The molecule has 0 fully saturated rings. The van der Waals surface area contributed by atoms with E-state index in [1.54, 1.807) is 0 Å². The Balaban J connectivity index is 2.78. The lowest BCUT2D eigenvalue weighted by Crippen LogP contribution is -2.14. The normalized spacial score (nSPS) is 12.8. The van der Waals surface area contributed by atoms with Gasteiger partial charge in [-0.2, -0.15) is 0 Å². The molecule has 1 aromatic rings. The fourth-order valence-electron chi connectivity index (χ4n) is 1.67. The van der Waals surface area contributed by atoms with Crippen LogP contribution >= 0.6 is 0 Å². The lowest BCUT2D eigenvalue weighted by atomic mass is 10.00. The van der Waals surface area contributed by atoms with Gasteiger partial charge in [-0.15, -0.1) is 0 Å².